The highest BCUT2D eigenvalue weighted by molar-refractivity contribution is 5.44. The molecule has 20 heavy (non-hydrogen) atoms. The summed E-state index contributed by atoms with van der Waals surface area (Å²) in [5.41, 5.74) is 4.74. The van der Waals surface area contributed by atoms with Crippen LogP contribution in [0.4, 0.5) is 8.78 Å². The van der Waals surface area contributed by atoms with Gasteiger partial charge in [-0.25, -0.2) is 0 Å². The number of rotatable bonds is 2. The number of allylic oxidation sites excluding steroid dienone is 6. The molecule has 1 aliphatic carbocycles. The number of halogens is 2. The molecule has 0 N–H and O–H groups in total. The Morgan fingerprint density at radius 3 is 2.65 bits per heavy atom. The van der Waals surface area contributed by atoms with Crippen molar-refractivity contribution in [3.8, 4) is 0 Å². The number of hydrogen-bond donors (Lipinski definition) is 0. The largest absolute Gasteiger partial charge is 0.430 e. The summed E-state index contributed by atoms with van der Waals surface area (Å²) in [6, 6.07) is 0. The maximum Gasteiger partial charge on any atom is 0.419 e. The van der Waals surface area contributed by atoms with Crippen molar-refractivity contribution >= 4 is 0 Å². The summed E-state index contributed by atoms with van der Waals surface area (Å²) in [5, 5.41) is 0. The Balaban J connectivity index is 2.37. The molecule has 3 heteroatoms. The third-order valence-electron chi connectivity index (χ3n) is 3.75. The fourth-order valence-corrected chi connectivity index (χ4v) is 2.41. The van der Waals surface area contributed by atoms with Gasteiger partial charge in [0.2, 0.25) is 0 Å². The normalized spacial score (nSPS) is 29.1. The molecule has 2 aliphatic rings. The minimum Gasteiger partial charge on any atom is -0.430 e. The molecule has 0 radical (unpaired) electrons. The number of ether oxygens (including phenoxy) is 1. The molecule has 1 heterocycles. The van der Waals surface area contributed by atoms with Crippen LogP contribution in [0, 0.1) is 5.41 Å². The molecule has 106 valence electrons. The Bertz CT molecular complexity index is 554. The van der Waals surface area contributed by atoms with Gasteiger partial charge in [0.1, 0.15) is 5.76 Å². The highest BCUT2D eigenvalue weighted by Crippen LogP contribution is 2.57. The number of alkyl halides is 2. The lowest BCUT2D eigenvalue weighted by Gasteiger charge is -2.20. The number of hydrogen-bond acceptors (Lipinski definition) is 1. The summed E-state index contributed by atoms with van der Waals surface area (Å²) >= 11 is 0. The highest BCUT2D eigenvalue weighted by Gasteiger charge is 2.46. The first-order chi connectivity index (χ1) is 9.39. The minimum atomic E-state index is -3.32. The first-order valence-electron chi connectivity index (χ1n) is 6.59. The topological polar surface area (TPSA) is 9.23 Å². The van der Waals surface area contributed by atoms with E-state index in [1.807, 2.05) is 19.1 Å². The first kappa shape index (κ1) is 14.5. The van der Waals surface area contributed by atoms with Gasteiger partial charge in [0, 0.05) is 11.5 Å². The third kappa shape index (κ3) is 3.00. The van der Waals surface area contributed by atoms with Crippen LogP contribution in [0.5, 0.6) is 0 Å². The van der Waals surface area contributed by atoms with E-state index < -0.39 is 6.11 Å². The van der Waals surface area contributed by atoms with Gasteiger partial charge in [-0.3, -0.25) is 0 Å². The molecular weight excluding hydrogens is 258 g/mol. The van der Waals surface area contributed by atoms with Crippen molar-refractivity contribution in [1.82, 2.24) is 0 Å². The van der Waals surface area contributed by atoms with Gasteiger partial charge >= 0.3 is 6.11 Å². The van der Waals surface area contributed by atoms with Crippen molar-refractivity contribution < 1.29 is 13.5 Å². The van der Waals surface area contributed by atoms with E-state index in [4.69, 9.17) is 0 Å². The third-order valence-corrected chi connectivity index (χ3v) is 3.75. The van der Waals surface area contributed by atoms with Crippen LogP contribution < -0.4 is 0 Å². The van der Waals surface area contributed by atoms with Crippen LogP contribution >= 0.6 is 0 Å². The molecule has 1 fully saturated rings. The van der Waals surface area contributed by atoms with E-state index in [1.165, 1.54) is 6.08 Å². The van der Waals surface area contributed by atoms with Crippen LogP contribution in [0.3, 0.4) is 0 Å². The molecule has 0 aromatic heterocycles. The summed E-state index contributed by atoms with van der Waals surface area (Å²) < 4.78 is 31.5. The lowest BCUT2D eigenvalue weighted by atomic mass is 9.87. The predicted molar refractivity (Wildman–Crippen MR) is 76.1 cm³/mol. The lowest BCUT2D eigenvalue weighted by molar-refractivity contribution is -0.169. The molecule has 1 saturated carbocycles. The van der Waals surface area contributed by atoms with Crippen LogP contribution in [0.1, 0.15) is 26.2 Å². The Kier molecular flexibility index (Phi) is 3.82. The van der Waals surface area contributed by atoms with Crippen molar-refractivity contribution in [3.63, 3.8) is 0 Å². The van der Waals surface area contributed by atoms with Crippen molar-refractivity contribution in [2.24, 2.45) is 5.41 Å². The second-order valence-corrected chi connectivity index (χ2v) is 5.15. The molecule has 1 nitrogen and oxygen atoms in total. The summed E-state index contributed by atoms with van der Waals surface area (Å²) in [6.07, 6.45) is 6.63. The fourth-order valence-electron chi connectivity index (χ4n) is 2.41. The molecule has 0 unspecified atom stereocenters. The first-order valence-corrected chi connectivity index (χ1v) is 6.59. The molecule has 0 aromatic rings. The molecule has 0 spiro atoms. The van der Waals surface area contributed by atoms with Crippen molar-refractivity contribution in [3.05, 3.63) is 66.2 Å². The van der Waals surface area contributed by atoms with Crippen LogP contribution in [-0.2, 0) is 4.74 Å². The Morgan fingerprint density at radius 1 is 1.35 bits per heavy atom. The zero-order chi connectivity index (χ0) is 14.8. The van der Waals surface area contributed by atoms with Crippen molar-refractivity contribution in [1.29, 1.82) is 0 Å². The van der Waals surface area contributed by atoms with Crippen LogP contribution in [-0.4, -0.2) is 6.11 Å². The molecular formula is C17H18F2O. The van der Waals surface area contributed by atoms with E-state index in [0.29, 0.717) is 6.42 Å². The minimum absolute atomic E-state index is 0.0377. The van der Waals surface area contributed by atoms with Gasteiger partial charge in [0.05, 0.1) is 0 Å². The zero-order valence-electron chi connectivity index (χ0n) is 11.6. The molecule has 2 rings (SSSR count). The van der Waals surface area contributed by atoms with E-state index in [-0.39, 0.29) is 11.2 Å². The molecule has 0 aromatic carbocycles. The molecule has 0 amide bonds. The van der Waals surface area contributed by atoms with Crippen LogP contribution in [0.25, 0.3) is 0 Å². The Labute approximate surface area is 118 Å². The summed E-state index contributed by atoms with van der Waals surface area (Å²) in [5.74, 6) is -0.0377. The summed E-state index contributed by atoms with van der Waals surface area (Å²) in [6.45, 7) is 9.21. The van der Waals surface area contributed by atoms with Crippen LogP contribution in [0.2, 0.25) is 0 Å². The average Bonchev–Trinajstić information content (AvgIpc) is 3.16. The quantitative estimate of drug-likeness (QED) is 0.506. The van der Waals surface area contributed by atoms with Gasteiger partial charge in [-0.2, -0.15) is 8.78 Å². The SMILES string of the molecule is C=C=C(C)C1(C2=C/C(=C)OC(F)(F)/C=C\C/C=C\2)CC1. The lowest BCUT2D eigenvalue weighted by Crippen LogP contribution is -2.17. The van der Waals surface area contributed by atoms with E-state index >= 15 is 0 Å². The Hall–Kier alpha value is -1.86. The Morgan fingerprint density at radius 2 is 2.05 bits per heavy atom. The molecule has 0 atom stereocenters. The zero-order valence-corrected chi connectivity index (χ0v) is 11.6. The maximum atomic E-state index is 13.4. The van der Waals surface area contributed by atoms with Gasteiger partial charge in [-0.05, 0) is 43.4 Å². The average molecular weight is 276 g/mol. The smallest absolute Gasteiger partial charge is 0.419 e. The van der Waals surface area contributed by atoms with E-state index in [0.717, 1.165) is 30.1 Å². The molecule has 0 bridgehead atoms. The summed E-state index contributed by atoms with van der Waals surface area (Å²) in [7, 11) is 0. The predicted octanol–water partition coefficient (Wildman–Crippen LogP) is 5.06. The van der Waals surface area contributed by atoms with Crippen molar-refractivity contribution in [2.45, 2.75) is 32.3 Å². The van der Waals surface area contributed by atoms with Gasteiger partial charge in [0.25, 0.3) is 0 Å². The monoisotopic (exact) mass is 276 g/mol. The van der Waals surface area contributed by atoms with Crippen molar-refractivity contribution in [2.75, 3.05) is 0 Å². The highest BCUT2D eigenvalue weighted by atomic mass is 19.3. The van der Waals surface area contributed by atoms with Gasteiger partial charge in [0.15, 0.2) is 0 Å². The molecule has 0 saturated heterocycles. The molecule has 1 aliphatic heterocycles. The van der Waals surface area contributed by atoms with E-state index in [2.05, 4.69) is 23.6 Å². The second kappa shape index (κ2) is 5.26. The van der Waals surface area contributed by atoms with Gasteiger partial charge in [-0.15, -0.1) is 5.73 Å². The van der Waals surface area contributed by atoms with Gasteiger partial charge < -0.3 is 4.74 Å². The van der Waals surface area contributed by atoms with Crippen LogP contribution in [0.15, 0.2) is 66.2 Å². The second-order valence-electron chi connectivity index (χ2n) is 5.15. The summed E-state index contributed by atoms with van der Waals surface area (Å²) in [4.78, 5) is 0. The maximum absolute atomic E-state index is 13.4. The van der Waals surface area contributed by atoms with E-state index in [1.54, 1.807) is 6.08 Å². The van der Waals surface area contributed by atoms with E-state index in [9.17, 15) is 8.78 Å². The van der Waals surface area contributed by atoms with Gasteiger partial charge in [-0.1, -0.05) is 31.4 Å². The fraction of sp³-hybridized carbons (Fsp3) is 0.353. The standard InChI is InChI=1S/C17H18F2O/c1-4-13(2)16(10-11-16)15-8-6-5-7-9-17(18,19)20-14(3)12-15/h6-9,12H,1,3,5,10-11H2,2H3/b8-6-,9-7-,15-12+.